The van der Waals surface area contributed by atoms with Crippen LogP contribution in [0.2, 0.25) is 0 Å². The van der Waals surface area contributed by atoms with E-state index in [1.54, 1.807) is 0 Å². The number of fused-ring (bicyclic) bond motifs is 1. The maximum atomic E-state index is 14.4. The van der Waals surface area contributed by atoms with Gasteiger partial charge < -0.3 is 4.74 Å². The lowest BCUT2D eigenvalue weighted by Crippen LogP contribution is -2.15. The maximum absolute atomic E-state index is 14.4. The Hall–Kier alpha value is -2.25. The van der Waals surface area contributed by atoms with Crippen LogP contribution in [0.15, 0.2) is 24.7 Å². The van der Waals surface area contributed by atoms with Crippen LogP contribution >= 0.6 is 0 Å². The van der Waals surface area contributed by atoms with Crippen LogP contribution in [-0.2, 0) is 5.92 Å². The van der Waals surface area contributed by atoms with Crippen LogP contribution in [0.25, 0.3) is 0 Å². The number of ether oxygens (including phenoxy) is 1. The molecule has 0 fully saturated rings. The third-order valence-electron chi connectivity index (χ3n) is 3.93. The van der Waals surface area contributed by atoms with Gasteiger partial charge in [0.15, 0.2) is 11.9 Å². The Kier molecular flexibility index (Phi) is 3.93. The molecule has 0 unspecified atom stereocenters. The first-order valence-electron chi connectivity index (χ1n) is 7.17. The van der Waals surface area contributed by atoms with Gasteiger partial charge in [-0.25, -0.2) is 13.2 Å². The molecule has 2 aromatic heterocycles. The molecule has 1 aliphatic rings. The minimum atomic E-state index is -3.36. The number of nitrogens with zero attached hydrogens (tertiary/aromatic N) is 2. The molecule has 0 saturated heterocycles. The van der Waals surface area contributed by atoms with Crippen molar-refractivity contribution < 1.29 is 26.7 Å². The van der Waals surface area contributed by atoms with E-state index in [0.717, 1.165) is 24.7 Å². The van der Waals surface area contributed by atoms with Crippen LogP contribution < -0.4 is 4.74 Å². The number of rotatable bonds is 3. The van der Waals surface area contributed by atoms with Crippen molar-refractivity contribution in [2.45, 2.75) is 38.0 Å². The third-order valence-corrected chi connectivity index (χ3v) is 3.93. The average Bonchev–Trinajstić information content (AvgIpc) is 2.72. The average molecular weight is 344 g/mol. The molecule has 0 saturated carbocycles. The van der Waals surface area contributed by atoms with Crippen LogP contribution in [0, 0.1) is 5.82 Å². The van der Waals surface area contributed by atoms with Crippen molar-refractivity contribution in [2.75, 3.05) is 0 Å². The Balaban J connectivity index is 2.13. The fraction of sp³-hybridized carbons (Fsp3) is 0.375. The summed E-state index contributed by atoms with van der Waals surface area (Å²) in [5.41, 5.74) is -1.20. The molecular formula is C16H13F5N2O. The first-order chi connectivity index (χ1) is 11.2. The Bertz CT molecular complexity index is 778. The lowest BCUT2D eigenvalue weighted by Gasteiger charge is -2.18. The number of hydrogen-bond acceptors (Lipinski definition) is 3. The van der Waals surface area contributed by atoms with Gasteiger partial charge in [-0.2, -0.15) is 8.78 Å². The molecule has 0 bridgehead atoms. The van der Waals surface area contributed by atoms with E-state index in [1.807, 2.05) is 0 Å². The van der Waals surface area contributed by atoms with Crippen molar-refractivity contribution in [3.8, 4) is 11.5 Å². The highest BCUT2D eigenvalue weighted by Gasteiger charge is 2.47. The second kappa shape index (κ2) is 5.68. The lowest BCUT2D eigenvalue weighted by atomic mass is 9.98. The Morgan fingerprint density at radius 3 is 2.46 bits per heavy atom. The van der Waals surface area contributed by atoms with E-state index in [9.17, 15) is 22.0 Å². The fourth-order valence-corrected chi connectivity index (χ4v) is 2.85. The highest BCUT2D eigenvalue weighted by molar-refractivity contribution is 5.51. The SMILES string of the molecule is C[C@H]1c2c(C(C)(F)F)ncc(Oc3cncc(F)c3)c2[C@@H](F)[C@H]1F. The van der Waals surface area contributed by atoms with E-state index in [4.69, 9.17) is 4.74 Å². The molecular weight excluding hydrogens is 331 g/mol. The van der Waals surface area contributed by atoms with Gasteiger partial charge in [0.25, 0.3) is 5.92 Å². The topological polar surface area (TPSA) is 35.0 Å². The fourth-order valence-electron chi connectivity index (χ4n) is 2.85. The molecule has 2 aromatic rings. The standard InChI is InChI=1S/C16H13F5N2O/c1-7-11-12(14(19)13(7)18)10(6-23-15(11)16(2,20)21)24-9-3-8(17)4-22-5-9/h3-7,13-14H,1-2H3/t7-,13-,14+/m0/s1. The zero-order chi connectivity index (χ0) is 17.6. The minimum absolute atomic E-state index is 0.0721. The van der Waals surface area contributed by atoms with Gasteiger partial charge in [-0.3, -0.25) is 9.97 Å². The van der Waals surface area contributed by atoms with E-state index in [0.29, 0.717) is 6.92 Å². The first-order valence-corrected chi connectivity index (χ1v) is 7.17. The molecule has 1 aliphatic carbocycles. The summed E-state index contributed by atoms with van der Waals surface area (Å²) in [4.78, 5) is 7.21. The zero-order valence-electron chi connectivity index (χ0n) is 12.7. The summed E-state index contributed by atoms with van der Waals surface area (Å²) < 4.78 is 74.4. The van der Waals surface area contributed by atoms with Gasteiger partial charge in [0.2, 0.25) is 0 Å². The highest BCUT2D eigenvalue weighted by atomic mass is 19.3. The molecule has 128 valence electrons. The number of alkyl halides is 4. The Morgan fingerprint density at radius 1 is 1.12 bits per heavy atom. The summed E-state index contributed by atoms with van der Waals surface area (Å²) in [6.07, 6.45) is -1.12. The van der Waals surface area contributed by atoms with E-state index < -0.39 is 35.7 Å². The van der Waals surface area contributed by atoms with Crippen LogP contribution in [-0.4, -0.2) is 16.1 Å². The summed E-state index contributed by atoms with van der Waals surface area (Å²) >= 11 is 0. The molecule has 24 heavy (non-hydrogen) atoms. The second-order valence-corrected chi connectivity index (χ2v) is 5.76. The van der Waals surface area contributed by atoms with E-state index in [-0.39, 0.29) is 22.6 Å². The second-order valence-electron chi connectivity index (χ2n) is 5.76. The van der Waals surface area contributed by atoms with Crippen molar-refractivity contribution in [1.29, 1.82) is 0 Å². The zero-order valence-corrected chi connectivity index (χ0v) is 12.7. The van der Waals surface area contributed by atoms with Crippen molar-refractivity contribution in [3.05, 3.63) is 47.3 Å². The molecule has 0 amide bonds. The normalized spacial score (nSPS) is 23.2. The van der Waals surface area contributed by atoms with Crippen molar-refractivity contribution in [2.24, 2.45) is 0 Å². The van der Waals surface area contributed by atoms with Gasteiger partial charge in [0, 0.05) is 24.5 Å². The quantitative estimate of drug-likeness (QED) is 0.736. The molecule has 0 radical (unpaired) electrons. The molecule has 3 rings (SSSR count). The predicted octanol–water partition coefficient (Wildman–Crippen LogP) is 4.99. The van der Waals surface area contributed by atoms with Gasteiger partial charge in [-0.05, 0) is 5.56 Å². The molecule has 3 nitrogen and oxygen atoms in total. The minimum Gasteiger partial charge on any atom is -0.454 e. The highest BCUT2D eigenvalue weighted by Crippen LogP contribution is 2.52. The van der Waals surface area contributed by atoms with Gasteiger partial charge in [0.05, 0.1) is 18.6 Å². The molecule has 8 heteroatoms. The molecule has 3 atom stereocenters. The van der Waals surface area contributed by atoms with Gasteiger partial charge in [-0.15, -0.1) is 0 Å². The number of aromatic nitrogens is 2. The van der Waals surface area contributed by atoms with Crippen LogP contribution in [0.3, 0.4) is 0 Å². The van der Waals surface area contributed by atoms with Crippen LogP contribution in [0.5, 0.6) is 11.5 Å². The number of pyridine rings is 2. The molecule has 0 N–H and O–H groups in total. The molecule has 0 aliphatic heterocycles. The first kappa shape index (κ1) is 16.6. The van der Waals surface area contributed by atoms with Gasteiger partial charge in [0.1, 0.15) is 23.4 Å². The summed E-state index contributed by atoms with van der Waals surface area (Å²) in [5.74, 6) is -5.46. The summed E-state index contributed by atoms with van der Waals surface area (Å²) in [5, 5.41) is 0. The van der Waals surface area contributed by atoms with E-state index in [2.05, 4.69) is 9.97 Å². The summed E-state index contributed by atoms with van der Waals surface area (Å²) in [6, 6.07) is 0.986. The van der Waals surface area contributed by atoms with Gasteiger partial charge >= 0.3 is 0 Å². The smallest absolute Gasteiger partial charge is 0.287 e. The Morgan fingerprint density at radius 2 is 1.83 bits per heavy atom. The van der Waals surface area contributed by atoms with E-state index >= 15 is 0 Å². The van der Waals surface area contributed by atoms with Gasteiger partial charge in [-0.1, -0.05) is 6.92 Å². The monoisotopic (exact) mass is 344 g/mol. The number of halogens is 5. The summed E-state index contributed by atoms with van der Waals surface area (Å²) in [7, 11) is 0. The maximum Gasteiger partial charge on any atom is 0.287 e. The number of hydrogen-bond donors (Lipinski definition) is 0. The molecule has 2 heterocycles. The van der Waals surface area contributed by atoms with Crippen molar-refractivity contribution in [3.63, 3.8) is 0 Å². The molecule has 0 aromatic carbocycles. The molecule has 0 spiro atoms. The summed E-state index contributed by atoms with van der Waals surface area (Å²) in [6.45, 7) is 1.92. The van der Waals surface area contributed by atoms with Crippen molar-refractivity contribution >= 4 is 0 Å². The van der Waals surface area contributed by atoms with Crippen LogP contribution in [0.1, 0.15) is 42.8 Å². The third kappa shape index (κ3) is 2.70. The van der Waals surface area contributed by atoms with Crippen molar-refractivity contribution in [1.82, 2.24) is 9.97 Å². The Labute approximate surface area is 134 Å². The van der Waals surface area contributed by atoms with E-state index in [1.165, 1.54) is 6.92 Å². The predicted molar refractivity (Wildman–Crippen MR) is 75.2 cm³/mol. The van der Waals surface area contributed by atoms with Crippen LogP contribution in [0.4, 0.5) is 22.0 Å². The lowest BCUT2D eigenvalue weighted by molar-refractivity contribution is 0.0113. The largest absolute Gasteiger partial charge is 0.454 e.